The van der Waals surface area contributed by atoms with Crippen LogP contribution in [0.25, 0.3) is 0 Å². The summed E-state index contributed by atoms with van der Waals surface area (Å²) >= 11 is 2.04. The fraction of sp³-hybridized carbons (Fsp3) is 0.647. The Morgan fingerprint density at radius 2 is 2.05 bits per heavy atom. The molecule has 0 radical (unpaired) electrons. The molecule has 20 heavy (non-hydrogen) atoms. The fourth-order valence-corrected chi connectivity index (χ4v) is 3.12. The van der Waals surface area contributed by atoms with Gasteiger partial charge in [0.15, 0.2) is 0 Å². The lowest BCUT2D eigenvalue weighted by Crippen LogP contribution is -2.25. The maximum absolute atomic E-state index is 5.47. The van der Waals surface area contributed by atoms with Crippen LogP contribution in [0.5, 0.6) is 5.75 Å². The van der Waals surface area contributed by atoms with Crippen molar-refractivity contribution in [3.8, 4) is 5.75 Å². The normalized spacial score (nSPS) is 12.3. The van der Waals surface area contributed by atoms with E-state index < -0.39 is 0 Å². The van der Waals surface area contributed by atoms with Gasteiger partial charge >= 0.3 is 0 Å². The van der Waals surface area contributed by atoms with Gasteiger partial charge in [0.25, 0.3) is 0 Å². The number of thioether (sulfide) groups is 1. The summed E-state index contributed by atoms with van der Waals surface area (Å²) in [6.07, 6.45) is 3.57. The number of nitrogens with one attached hydrogen (secondary N) is 1. The Balaban J connectivity index is 2.56. The van der Waals surface area contributed by atoms with Gasteiger partial charge in [-0.25, -0.2) is 0 Å². The summed E-state index contributed by atoms with van der Waals surface area (Å²) < 4.78 is 5.47. The number of benzene rings is 1. The van der Waals surface area contributed by atoms with Crippen molar-refractivity contribution >= 4 is 11.8 Å². The van der Waals surface area contributed by atoms with Crippen molar-refractivity contribution < 1.29 is 4.74 Å². The molecule has 0 aliphatic carbocycles. The van der Waals surface area contributed by atoms with E-state index in [-0.39, 0.29) is 0 Å². The maximum atomic E-state index is 5.47. The number of hydrogen-bond donors (Lipinski definition) is 1. The van der Waals surface area contributed by atoms with Crippen LogP contribution < -0.4 is 10.1 Å². The highest BCUT2D eigenvalue weighted by molar-refractivity contribution is 7.99. The van der Waals surface area contributed by atoms with Crippen LogP contribution in [-0.4, -0.2) is 31.7 Å². The fourth-order valence-electron chi connectivity index (χ4n) is 2.34. The maximum Gasteiger partial charge on any atom is 0.122 e. The first-order valence-corrected chi connectivity index (χ1v) is 8.87. The van der Waals surface area contributed by atoms with Crippen LogP contribution in [0.3, 0.4) is 0 Å². The van der Waals surface area contributed by atoms with E-state index in [0.717, 1.165) is 25.3 Å². The Labute approximate surface area is 128 Å². The zero-order chi connectivity index (χ0) is 14.6. The van der Waals surface area contributed by atoms with Crippen molar-refractivity contribution in [2.45, 2.75) is 33.1 Å². The Hall–Kier alpha value is -0.670. The molecule has 1 aromatic carbocycles. The quantitative estimate of drug-likeness (QED) is 0.624. The van der Waals surface area contributed by atoms with Crippen molar-refractivity contribution in [1.29, 1.82) is 0 Å². The summed E-state index contributed by atoms with van der Waals surface area (Å²) in [4.78, 5) is 0. The van der Waals surface area contributed by atoms with Gasteiger partial charge in [-0.05, 0) is 61.4 Å². The molecule has 1 aromatic rings. The molecular formula is C17H29NOS. The van der Waals surface area contributed by atoms with Gasteiger partial charge in [0.1, 0.15) is 5.75 Å². The second kappa shape index (κ2) is 11.0. The second-order valence-electron chi connectivity index (χ2n) is 5.07. The largest absolute Gasteiger partial charge is 0.496 e. The number of rotatable bonds is 11. The summed E-state index contributed by atoms with van der Waals surface area (Å²) in [5, 5.41) is 3.57. The van der Waals surface area contributed by atoms with Crippen LogP contribution in [0.4, 0.5) is 0 Å². The average Bonchev–Trinajstić information content (AvgIpc) is 2.48. The van der Waals surface area contributed by atoms with Gasteiger partial charge < -0.3 is 10.1 Å². The van der Waals surface area contributed by atoms with E-state index in [1.165, 1.54) is 29.9 Å². The lowest BCUT2D eigenvalue weighted by Gasteiger charge is -2.19. The lowest BCUT2D eigenvalue weighted by atomic mass is 9.96. The first-order chi connectivity index (χ1) is 9.81. The molecule has 0 fully saturated rings. The molecule has 1 unspecified atom stereocenters. The van der Waals surface area contributed by atoms with E-state index in [0.29, 0.717) is 5.92 Å². The summed E-state index contributed by atoms with van der Waals surface area (Å²) in [6, 6.07) is 8.40. The molecular weight excluding hydrogens is 266 g/mol. The van der Waals surface area contributed by atoms with Gasteiger partial charge in [0, 0.05) is 0 Å². The van der Waals surface area contributed by atoms with E-state index in [1.807, 2.05) is 17.8 Å². The van der Waals surface area contributed by atoms with E-state index in [9.17, 15) is 0 Å². The first kappa shape index (κ1) is 17.4. The summed E-state index contributed by atoms with van der Waals surface area (Å²) in [7, 11) is 1.76. The third-order valence-electron chi connectivity index (χ3n) is 3.44. The minimum Gasteiger partial charge on any atom is -0.496 e. The predicted molar refractivity (Wildman–Crippen MR) is 91.0 cm³/mol. The van der Waals surface area contributed by atoms with Crippen LogP contribution >= 0.6 is 11.8 Å². The average molecular weight is 295 g/mol. The van der Waals surface area contributed by atoms with Crippen molar-refractivity contribution in [2.24, 2.45) is 5.92 Å². The zero-order valence-electron chi connectivity index (χ0n) is 13.2. The van der Waals surface area contributed by atoms with E-state index in [4.69, 9.17) is 4.74 Å². The highest BCUT2D eigenvalue weighted by Crippen LogP contribution is 2.23. The first-order valence-electron chi connectivity index (χ1n) is 7.72. The van der Waals surface area contributed by atoms with Crippen molar-refractivity contribution in [1.82, 2.24) is 5.32 Å². The van der Waals surface area contributed by atoms with Crippen molar-refractivity contribution in [3.05, 3.63) is 29.8 Å². The lowest BCUT2D eigenvalue weighted by molar-refractivity contribution is 0.399. The molecule has 0 saturated carbocycles. The molecule has 2 nitrogen and oxygen atoms in total. The molecule has 114 valence electrons. The molecule has 0 bridgehead atoms. The van der Waals surface area contributed by atoms with Crippen LogP contribution in [0, 0.1) is 5.92 Å². The molecule has 0 aliphatic heterocycles. The summed E-state index contributed by atoms with van der Waals surface area (Å²) in [5.41, 5.74) is 1.33. The standard InChI is InChI=1S/C17H29NOS/c1-4-11-18-14-15(10-12-20-5-2)13-16-8-6-7-9-17(16)19-3/h6-9,15,18H,4-5,10-14H2,1-3H3. The topological polar surface area (TPSA) is 21.3 Å². The summed E-state index contributed by atoms with van der Waals surface area (Å²) in [5.74, 6) is 4.18. The molecule has 3 heteroatoms. The summed E-state index contributed by atoms with van der Waals surface area (Å²) in [6.45, 7) is 6.67. The smallest absolute Gasteiger partial charge is 0.122 e. The minimum absolute atomic E-state index is 0.692. The van der Waals surface area contributed by atoms with Gasteiger partial charge in [-0.3, -0.25) is 0 Å². The number of para-hydroxylation sites is 1. The van der Waals surface area contributed by atoms with E-state index in [1.54, 1.807) is 7.11 Å². The predicted octanol–water partition coefficient (Wildman–Crippen LogP) is 4.00. The Morgan fingerprint density at radius 3 is 2.75 bits per heavy atom. The van der Waals surface area contributed by atoms with Gasteiger partial charge in [0.2, 0.25) is 0 Å². The molecule has 0 saturated heterocycles. The minimum atomic E-state index is 0.692. The zero-order valence-corrected chi connectivity index (χ0v) is 14.0. The molecule has 0 aromatic heterocycles. The third-order valence-corrected chi connectivity index (χ3v) is 4.37. The third kappa shape index (κ3) is 6.67. The van der Waals surface area contributed by atoms with Gasteiger partial charge in [-0.15, -0.1) is 0 Å². The van der Waals surface area contributed by atoms with E-state index in [2.05, 4.69) is 37.4 Å². The molecule has 1 N–H and O–H groups in total. The van der Waals surface area contributed by atoms with E-state index >= 15 is 0 Å². The Morgan fingerprint density at radius 1 is 1.25 bits per heavy atom. The number of hydrogen-bond acceptors (Lipinski definition) is 3. The van der Waals surface area contributed by atoms with Crippen LogP contribution in [0.1, 0.15) is 32.3 Å². The molecule has 0 aliphatic rings. The SMILES string of the molecule is CCCNCC(CCSCC)Cc1ccccc1OC. The van der Waals surface area contributed by atoms with Crippen LogP contribution in [0.15, 0.2) is 24.3 Å². The van der Waals surface area contributed by atoms with Crippen LogP contribution in [0.2, 0.25) is 0 Å². The molecule has 1 atom stereocenters. The highest BCUT2D eigenvalue weighted by Gasteiger charge is 2.12. The monoisotopic (exact) mass is 295 g/mol. The number of ether oxygens (including phenoxy) is 1. The number of methoxy groups -OCH3 is 1. The van der Waals surface area contributed by atoms with Crippen molar-refractivity contribution in [2.75, 3.05) is 31.7 Å². The molecule has 0 spiro atoms. The molecule has 0 heterocycles. The highest BCUT2D eigenvalue weighted by atomic mass is 32.2. The van der Waals surface area contributed by atoms with Gasteiger partial charge in [0.05, 0.1) is 7.11 Å². The van der Waals surface area contributed by atoms with Gasteiger partial charge in [-0.1, -0.05) is 32.0 Å². The van der Waals surface area contributed by atoms with Gasteiger partial charge in [-0.2, -0.15) is 11.8 Å². The second-order valence-corrected chi connectivity index (χ2v) is 6.47. The van der Waals surface area contributed by atoms with Crippen molar-refractivity contribution in [3.63, 3.8) is 0 Å². The Bertz CT molecular complexity index is 347. The Kier molecular flexibility index (Phi) is 9.60. The van der Waals surface area contributed by atoms with Crippen LogP contribution in [-0.2, 0) is 6.42 Å². The molecule has 1 rings (SSSR count). The molecule has 0 amide bonds.